The molecule has 1 unspecified atom stereocenters. The molecule has 1 aliphatic carbocycles. The van der Waals surface area contributed by atoms with Crippen LogP contribution in [-0.2, 0) is 20.7 Å². The second-order valence-electron chi connectivity index (χ2n) is 18.6. The monoisotopic (exact) mass is 984 g/mol. The van der Waals surface area contributed by atoms with Gasteiger partial charge >= 0.3 is 0 Å². The number of piperidine rings is 2. The molecule has 4 amide bonds. The van der Waals surface area contributed by atoms with Gasteiger partial charge in [-0.2, -0.15) is 5.10 Å². The highest BCUT2D eigenvalue weighted by atomic mass is 19.1. The van der Waals surface area contributed by atoms with Gasteiger partial charge in [0.25, 0.3) is 17.4 Å². The number of benzene rings is 3. The summed E-state index contributed by atoms with van der Waals surface area (Å²) < 4.78 is 36.4. The first-order chi connectivity index (χ1) is 34.4. The Morgan fingerprint density at radius 3 is 1.96 bits per heavy atom. The molecular formula is C56H79F2N7O6. The zero-order chi connectivity index (χ0) is 51.5. The fourth-order valence-corrected chi connectivity index (χ4v) is 9.74. The van der Waals surface area contributed by atoms with E-state index in [1.54, 1.807) is 53.1 Å². The Bertz CT molecular complexity index is 2400. The summed E-state index contributed by atoms with van der Waals surface area (Å²) in [6.45, 7) is 18.1. The van der Waals surface area contributed by atoms with Crippen LogP contribution in [0.5, 0.6) is 0 Å². The maximum atomic E-state index is 15.0. The highest BCUT2D eigenvalue weighted by Gasteiger charge is 2.37. The molecule has 1 saturated carbocycles. The summed E-state index contributed by atoms with van der Waals surface area (Å²) in [4.78, 5) is 73.7. The molecule has 71 heavy (non-hydrogen) atoms. The summed E-state index contributed by atoms with van der Waals surface area (Å²) >= 11 is 0. The molecule has 15 heteroatoms. The van der Waals surface area contributed by atoms with Gasteiger partial charge in [-0.1, -0.05) is 110 Å². The van der Waals surface area contributed by atoms with Crippen molar-refractivity contribution in [1.82, 2.24) is 35.1 Å². The summed E-state index contributed by atoms with van der Waals surface area (Å²) in [6.07, 6.45) is 10.8. The quantitative estimate of drug-likeness (QED) is 0.143. The van der Waals surface area contributed by atoms with Crippen molar-refractivity contribution >= 4 is 34.4 Å². The molecule has 1 aromatic heterocycles. The van der Waals surface area contributed by atoms with Crippen LogP contribution < -0.4 is 10.9 Å². The Labute approximate surface area is 420 Å². The van der Waals surface area contributed by atoms with Crippen LogP contribution >= 0.6 is 0 Å². The first-order valence-electron chi connectivity index (χ1n) is 26.5. The minimum absolute atomic E-state index is 0.000879. The molecule has 2 N–H and O–H groups in total. The van der Waals surface area contributed by atoms with Gasteiger partial charge in [0.05, 0.1) is 41.0 Å². The van der Waals surface area contributed by atoms with Crippen LogP contribution in [0.3, 0.4) is 0 Å². The van der Waals surface area contributed by atoms with Gasteiger partial charge in [0.2, 0.25) is 11.8 Å². The molecule has 0 radical (unpaired) electrons. The number of hydrogen-bond donors (Lipinski definition) is 2. The molecule has 4 aromatic rings. The van der Waals surface area contributed by atoms with E-state index in [4.69, 9.17) is 4.74 Å². The smallest absolute Gasteiger partial charge is 0.272 e. The van der Waals surface area contributed by atoms with Crippen molar-refractivity contribution in [2.45, 2.75) is 144 Å². The average Bonchev–Trinajstić information content (AvgIpc) is 3.42. The van der Waals surface area contributed by atoms with E-state index in [1.165, 1.54) is 25.0 Å². The number of halogens is 2. The average molecular weight is 984 g/mol. The summed E-state index contributed by atoms with van der Waals surface area (Å²) in [5.74, 6) is -2.23. The number of likely N-dealkylation sites (tertiary alicyclic amines) is 2. The lowest BCUT2D eigenvalue weighted by molar-refractivity contribution is -0.140. The molecule has 0 spiro atoms. The lowest BCUT2D eigenvalue weighted by Crippen LogP contribution is -2.55. The highest BCUT2D eigenvalue weighted by Crippen LogP contribution is 2.30. The Hall–Kier alpha value is -5.54. The van der Waals surface area contributed by atoms with Crippen molar-refractivity contribution in [3.8, 4) is 0 Å². The predicted octanol–water partition coefficient (Wildman–Crippen LogP) is 9.09. The maximum Gasteiger partial charge on any atom is 0.272 e. The van der Waals surface area contributed by atoms with Crippen LogP contribution in [0, 0.1) is 24.5 Å². The third kappa shape index (κ3) is 15.2. The number of carbonyl (C=O) groups excluding carboxylic acids is 4. The first-order valence-corrected chi connectivity index (χ1v) is 26.5. The number of aryl methyl sites for hydroxylation is 1. The molecule has 3 aromatic carbocycles. The second-order valence-corrected chi connectivity index (χ2v) is 18.6. The van der Waals surface area contributed by atoms with Gasteiger partial charge in [-0.15, -0.1) is 0 Å². The normalized spacial score (nSPS) is 17.5. The van der Waals surface area contributed by atoms with E-state index in [0.717, 1.165) is 58.0 Å². The lowest BCUT2D eigenvalue weighted by Gasteiger charge is -2.40. The van der Waals surface area contributed by atoms with Crippen molar-refractivity contribution in [3.05, 3.63) is 111 Å². The molecular weight excluding hydrogens is 905 g/mol. The Morgan fingerprint density at radius 1 is 0.718 bits per heavy atom. The fraction of sp³-hybridized carbons (Fsp3) is 0.571. The largest absolute Gasteiger partial charge is 0.375 e. The number of aromatic amines is 1. The summed E-state index contributed by atoms with van der Waals surface area (Å²) in [7, 11) is 0. The van der Waals surface area contributed by atoms with Crippen LogP contribution in [-0.4, -0.2) is 131 Å². The van der Waals surface area contributed by atoms with Crippen molar-refractivity contribution in [2.75, 3.05) is 58.9 Å². The zero-order valence-electron chi connectivity index (χ0n) is 43.4. The Balaban J connectivity index is 0.00000110. The summed E-state index contributed by atoms with van der Waals surface area (Å²) in [5, 5.41) is 10.9. The van der Waals surface area contributed by atoms with Gasteiger partial charge in [-0.05, 0) is 86.8 Å². The molecule has 3 aliphatic heterocycles. The number of nitrogens with one attached hydrogen (secondary N) is 2. The van der Waals surface area contributed by atoms with Crippen molar-refractivity contribution in [2.24, 2.45) is 5.92 Å². The number of unbranched alkanes of at least 4 members (excludes halogenated alkanes) is 1. The molecule has 4 heterocycles. The fourth-order valence-electron chi connectivity index (χ4n) is 9.74. The molecule has 0 bridgehead atoms. The lowest BCUT2D eigenvalue weighted by atomic mass is 9.83. The number of piperazine rings is 1. The molecule has 1 atom stereocenters. The number of rotatable bonds is 12. The number of ether oxygens (including phenoxy) is 1. The molecule has 4 fully saturated rings. The van der Waals surface area contributed by atoms with Crippen LogP contribution in [0.2, 0.25) is 0 Å². The minimum Gasteiger partial charge on any atom is -0.375 e. The van der Waals surface area contributed by atoms with E-state index in [9.17, 15) is 28.4 Å². The molecule has 388 valence electrons. The molecule has 4 aliphatic rings. The number of nitrogens with zero attached hydrogens (tertiary/aromatic N) is 5. The topological polar surface area (TPSA) is 148 Å². The van der Waals surface area contributed by atoms with Crippen molar-refractivity contribution in [1.29, 1.82) is 0 Å². The molecule has 3 saturated heterocycles. The number of hydrogen-bond acceptors (Lipinski definition) is 8. The third-order valence-electron chi connectivity index (χ3n) is 14.0. The van der Waals surface area contributed by atoms with E-state index in [2.05, 4.69) is 34.3 Å². The highest BCUT2D eigenvalue weighted by molar-refractivity contribution is 5.98. The van der Waals surface area contributed by atoms with Crippen molar-refractivity contribution in [3.63, 3.8) is 0 Å². The van der Waals surface area contributed by atoms with E-state index in [-0.39, 0.29) is 53.2 Å². The van der Waals surface area contributed by atoms with Gasteiger partial charge in [0, 0.05) is 64.2 Å². The number of fused-ring (bicyclic) bond motifs is 1. The Kier molecular flexibility index (Phi) is 22.6. The SMILES string of the molecule is CC.CC.CCCC.Cc1cccc(C(=O)NC(C(=O)N2CCC(OC3CCN(CC(=O)N4CCN(C(=O)c5cc(Cc6n[nH]c(=O)c7ccccc67)ccc5F)CC4)CC3)CC2)C2CCCCC2)c1F. The standard InChI is InChI=1S/C48H57F2N7O6.C4H10.2C2H6/c1-31-8-7-13-38(43(31)50)45(59)51-44(33-9-3-2-4-10-33)48(62)56-22-18-35(19-23-56)63-34-16-20-54(21-17-34)30-42(58)55-24-26-57(27-25-55)47(61)39-28-32(14-15-40(39)49)29-41-36-11-5-6-12-37(36)46(60)53-52-41;1-3-4-2;2*1-2/h5-8,11-15,28,33-35,44H,2-4,9-10,16-27,29-30H2,1H3,(H,51,59)(H,53,60);3-4H2,1-2H3;2*1-2H3. The van der Waals surface area contributed by atoms with Crippen LogP contribution in [0.25, 0.3) is 10.8 Å². The number of amides is 4. The van der Waals surface area contributed by atoms with Gasteiger partial charge in [-0.25, -0.2) is 13.9 Å². The van der Waals surface area contributed by atoms with Crippen LogP contribution in [0.4, 0.5) is 8.78 Å². The predicted molar refractivity (Wildman–Crippen MR) is 276 cm³/mol. The van der Waals surface area contributed by atoms with E-state index in [1.807, 2.05) is 44.7 Å². The minimum atomic E-state index is -0.692. The zero-order valence-corrected chi connectivity index (χ0v) is 43.4. The van der Waals surface area contributed by atoms with Gasteiger partial charge in [0.15, 0.2) is 0 Å². The van der Waals surface area contributed by atoms with Crippen molar-refractivity contribution < 1.29 is 32.7 Å². The van der Waals surface area contributed by atoms with Crippen LogP contribution in [0.1, 0.15) is 150 Å². The third-order valence-corrected chi connectivity index (χ3v) is 14.0. The Morgan fingerprint density at radius 2 is 1.32 bits per heavy atom. The van der Waals surface area contributed by atoms with E-state index < -0.39 is 29.5 Å². The number of H-pyrrole nitrogens is 1. The van der Waals surface area contributed by atoms with E-state index >= 15 is 4.39 Å². The maximum absolute atomic E-state index is 15.0. The van der Waals surface area contributed by atoms with Gasteiger partial charge in [-0.3, -0.25) is 28.9 Å². The van der Waals surface area contributed by atoms with Gasteiger partial charge in [0.1, 0.15) is 17.7 Å². The first kappa shape index (κ1) is 56.4. The van der Waals surface area contributed by atoms with Gasteiger partial charge < -0.3 is 24.8 Å². The summed E-state index contributed by atoms with van der Waals surface area (Å²) in [6, 6.07) is 15.6. The van der Waals surface area contributed by atoms with E-state index in [0.29, 0.717) is 86.1 Å². The molecule has 8 rings (SSSR count). The molecule has 13 nitrogen and oxygen atoms in total. The second kappa shape index (κ2) is 28.5. The number of carbonyl (C=O) groups is 4. The number of aromatic nitrogens is 2. The summed E-state index contributed by atoms with van der Waals surface area (Å²) in [5.41, 5.74) is 1.33. The van der Waals surface area contributed by atoms with Crippen LogP contribution in [0.15, 0.2) is 65.5 Å².